The number of hydrogen-bond acceptors (Lipinski definition) is 3. The molecule has 1 saturated carbocycles. The molecule has 0 bridgehead atoms. The van der Waals surface area contributed by atoms with Gasteiger partial charge in [0.25, 0.3) is 0 Å². The fraction of sp³-hybridized carbons (Fsp3) is 0.786. The Labute approximate surface area is 110 Å². The van der Waals surface area contributed by atoms with Gasteiger partial charge in [-0.05, 0) is 39.2 Å². The fourth-order valence-corrected chi connectivity index (χ4v) is 2.99. The first-order chi connectivity index (χ1) is 8.60. The van der Waals surface area contributed by atoms with Crippen molar-refractivity contribution in [2.24, 2.45) is 12.8 Å². The molecule has 0 radical (unpaired) electrons. The largest absolute Gasteiger partial charge is 0.328 e. The van der Waals surface area contributed by atoms with Crippen LogP contribution in [0.5, 0.6) is 0 Å². The lowest BCUT2D eigenvalue weighted by atomic mass is 9.90. The molecule has 0 unspecified atom stereocenters. The van der Waals surface area contributed by atoms with Crippen molar-refractivity contribution < 1.29 is 0 Å². The molecule has 0 aliphatic heterocycles. The lowest BCUT2D eigenvalue weighted by Crippen LogP contribution is -2.40. The van der Waals surface area contributed by atoms with Crippen molar-refractivity contribution in [1.82, 2.24) is 14.7 Å². The first-order valence-electron chi connectivity index (χ1n) is 7.09. The minimum Gasteiger partial charge on any atom is -0.328 e. The summed E-state index contributed by atoms with van der Waals surface area (Å²) < 4.78 is 1.91. The molecular weight excluding hydrogens is 224 g/mol. The predicted molar refractivity (Wildman–Crippen MR) is 74.3 cm³/mol. The van der Waals surface area contributed by atoms with Gasteiger partial charge in [0.15, 0.2) is 0 Å². The average molecular weight is 250 g/mol. The molecule has 2 rings (SSSR count). The summed E-state index contributed by atoms with van der Waals surface area (Å²) in [6.45, 7) is 6.48. The average Bonchev–Trinajstić information content (AvgIpc) is 2.66. The summed E-state index contributed by atoms with van der Waals surface area (Å²) in [4.78, 5) is 2.58. The zero-order chi connectivity index (χ0) is 13.1. The Morgan fingerprint density at radius 2 is 2.06 bits per heavy atom. The second kappa shape index (κ2) is 5.85. The molecule has 1 aromatic heterocycles. The van der Waals surface area contributed by atoms with Crippen LogP contribution in [0.15, 0.2) is 6.20 Å². The van der Waals surface area contributed by atoms with E-state index in [1.807, 2.05) is 11.7 Å². The Morgan fingerprint density at radius 3 is 2.56 bits per heavy atom. The minimum atomic E-state index is 0.431. The van der Waals surface area contributed by atoms with E-state index in [0.29, 0.717) is 12.1 Å². The summed E-state index contributed by atoms with van der Waals surface area (Å²) in [6.07, 6.45) is 6.98. The highest BCUT2D eigenvalue weighted by molar-refractivity contribution is 5.15. The molecule has 1 aromatic rings. The Morgan fingerprint density at radius 1 is 1.39 bits per heavy atom. The molecule has 0 aromatic carbocycles. The molecule has 0 spiro atoms. The maximum absolute atomic E-state index is 5.99. The quantitative estimate of drug-likeness (QED) is 0.886. The molecule has 1 aliphatic rings. The highest BCUT2D eigenvalue weighted by atomic mass is 15.3. The second-order valence-corrected chi connectivity index (χ2v) is 5.55. The first-order valence-corrected chi connectivity index (χ1v) is 7.09. The fourth-order valence-electron chi connectivity index (χ4n) is 2.99. The van der Waals surface area contributed by atoms with Gasteiger partial charge in [0.2, 0.25) is 0 Å². The monoisotopic (exact) mass is 250 g/mol. The van der Waals surface area contributed by atoms with Crippen molar-refractivity contribution in [1.29, 1.82) is 0 Å². The van der Waals surface area contributed by atoms with E-state index in [2.05, 4.69) is 30.0 Å². The first kappa shape index (κ1) is 13.6. The van der Waals surface area contributed by atoms with Gasteiger partial charge in [-0.3, -0.25) is 9.58 Å². The molecular formula is C14H26N4. The molecule has 1 aliphatic carbocycles. The number of nitrogens with zero attached hydrogens (tertiary/aromatic N) is 3. The van der Waals surface area contributed by atoms with Crippen LogP contribution in [0.4, 0.5) is 0 Å². The normalized spacial score (nSPS) is 24.7. The van der Waals surface area contributed by atoms with Crippen LogP contribution in [-0.2, 0) is 13.6 Å². The van der Waals surface area contributed by atoms with Gasteiger partial charge in [-0.1, -0.05) is 6.92 Å². The van der Waals surface area contributed by atoms with Gasteiger partial charge in [0, 0.05) is 37.4 Å². The smallest absolute Gasteiger partial charge is 0.0638 e. The van der Waals surface area contributed by atoms with Gasteiger partial charge in [-0.2, -0.15) is 5.10 Å². The lowest BCUT2D eigenvalue weighted by molar-refractivity contribution is 0.149. The van der Waals surface area contributed by atoms with Crippen LogP contribution in [0.2, 0.25) is 0 Å². The van der Waals surface area contributed by atoms with Crippen molar-refractivity contribution in [3.8, 4) is 0 Å². The summed E-state index contributed by atoms with van der Waals surface area (Å²) >= 11 is 0. The molecule has 0 saturated heterocycles. The molecule has 0 atom stereocenters. The summed E-state index contributed by atoms with van der Waals surface area (Å²) in [5.41, 5.74) is 8.50. The third kappa shape index (κ3) is 3.12. The Balaban J connectivity index is 1.99. The maximum Gasteiger partial charge on any atom is 0.0638 e. The van der Waals surface area contributed by atoms with Crippen LogP contribution < -0.4 is 5.73 Å². The Bertz CT molecular complexity index is 377. The zero-order valence-corrected chi connectivity index (χ0v) is 11.9. The molecule has 4 nitrogen and oxygen atoms in total. The van der Waals surface area contributed by atoms with E-state index in [1.165, 1.54) is 31.2 Å². The van der Waals surface area contributed by atoms with Gasteiger partial charge >= 0.3 is 0 Å². The van der Waals surface area contributed by atoms with Crippen LogP contribution in [0.1, 0.15) is 43.9 Å². The standard InChI is InChI=1S/C14H26N4/c1-4-18(14-7-5-13(15)6-8-14)10-12-9-17(3)16-11(12)2/h9,13-14H,4-8,10,15H2,1-3H3. The van der Waals surface area contributed by atoms with Crippen molar-refractivity contribution in [2.75, 3.05) is 6.54 Å². The summed E-state index contributed by atoms with van der Waals surface area (Å²) in [5.74, 6) is 0. The number of rotatable bonds is 4. The maximum atomic E-state index is 5.99. The molecule has 102 valence electrons. The second-order valence-electron chi connectivity index (χ2n) is 5.55. The van der Waals surface area contributed by atoms with Gasteiger partial charge in [0.05, 0.1) is 5.69 Å². The van der Waals surface area contributed by atoms with Crippen molar-refractivity contribution in [3.63, 3.8) is 0 Å². The van der Waals surface area contributed by atoms with Crippen LogP contribution in [0.25, 0.3) is 0 Å². The van der Waals surface area contributed by atoms with E-state index < -0.39 is 0 Å². The van der Waals surface area contributed by atoms with Crippen LogP contribution in [0, 0.1) is 6.92 Å². The number of aromatic nitrogens is 2. The summed E-state index contributed by atoms with van der Waals surface area (Å²) in [6, 6.07) is 1.13. The van der Waals surface area contributed by atoms with Crippen LogP contribution in [0.3, 0.4) is 0 Å². The van der Waals surface area contributed by atoms with E-state index in [-0.39, 0.29) is 0 Å². The Hall–Kier alpha value is -0.870. The predicted octanol–water partition coefficient (Wildman–Crippen LogP) is 1.82. The summed E-state index contributed by atoms with van der Waals surface area (Å²) in [7, 11) is 1.99. The van der Waals surface area contributed by atoms with E-state index in [0.717, 1.165) is 18.8 Å². The zero-order valence-electron chi connectivity index (χ0n) is 11.9. The number of aryl methyl sites for hydroxylation is 2. The van der Waals surface area contributed by atoms with E-state index >= 15 is 0 Å². The van der Waals surface area contributed by atoms with Gasteiger partial charge in [-0.15, -0.1) is 0 Å². The van der Waals surface area contributed by atoms with E-state index in [4.69, 9.17) is 5.73 Å². The van der Waals surface area contributed by atoms with Crippen molar-refractivity contribution >= 4 is 0 Å². The highest BCUT2D eigenvalue weighted by Gasteiger charge is 2.23. The molecule has 4 heteroatoms. The Kier molecular flexibility index (Phi) is 4.40. The summed E-state index contributed by atoms with van der Waals surface area (Å²) in [5, 5.41) is 4.43. The van der Waals surface area contributed by atoms with Crippen molar-refractivity contribution in [3.05, 3.63) is 17.5 Å². The molecule has 18 heavy (non-hydrogen) atoms. The molecule has 2 N–H and O–H groups in total. The van der Waals surface area contributed by atoms with Gasteiger partial charge in [-0.25, -0.2) is 0 Å². The molecule has 0 amide bonds. The van der Waals surface area contributed by atoms with Crippen molar-refractivity contribution in [2.45, 2.75) is 58.2 Å². The SMILES string of the molecule is CCN(Cc1cn(C)nc1C)C1CCC(N)CC1. The van der Waals surface area contributed by atoms with Crippen LogP contribution in [-0.4, -0.2) is 33.3 Å². The van der Waals surface area contributed by atoms with E-state index in [9.17, 15) is 0 Å². The third-order valence-corrected chi connectivity index (χ3v) is 4.15. The van der Waals surface area contributed by atoms with Gasteiger partial charge < -0.3 is 5.73 Å². The third-order valence-electron chi connectivity index (χ3n) is 4.15. The van der Waals surface area contributed by atoms with Crippen LogP contribution >= 0.6 is 0 Å². The topological polar surface area (TPSA) is 47.1 Å². The lowest BCUT2D eigenvalue weighted by Gasteiger charge is -2.35. The van der Waals surface area contributed by atoms with E-state index in [1.54, 1.807) is 0 Å². The number of hydrogen-bond donors (Lipinski definition) is 1. The van der Waals surface area contributed by atoms with Gasteiger partial charge in [0.1, 0.15) is 0 Å². The molecule has 1 fully saturated rings. The highest BCUT2D eigenvalue weighted by Crippen LogP contribution is 2.23. The number of nitrogens with two attached hydrogens (primary N) is 1. The molecule has 1 heterocycles. The minimum absolute atomic E-state index is 0.431.